The highest BCUT2D eigenvalue weighted by Crippen LogP contribution is 2.28. The van der Waals surface area contributed by atoms with Crippen molar-refractivity contribution in [2.75, 3.05) is 39.7 Å². The Hall–Kier alpha value is -1.91. The number of unbranched alkanes of at least 4 members (excludes halogenated alkanes) is 1. The first kappa shape index (κ1) is 17.1. The highest BCUT2D eigenvalue weighted by Gasteiger charge is 2.09. The lowest BCUT2D eigenvalue weighted by molar-refractivity contribution is -0.129. The third-order valence-corrected chi connectivity index (χ3v) is 3.33. The van der Waals surface area contributed by atoms with E-state index in [1.54, 1.807) is 19.1 Å². The van der Waals surface area contributed by atoms with Crippen LogP contribution >= 0.6 is 0 Å². The first-order valence-corrected chi connectivity index (χ1v) is 7.32. The van der Waals surface area contributed by atoms with E-state index >= 15 is 0 Å². The quantitative estimate of drug-likeness (QED) is 0.761. The van der Waals surface area contributed by atoms with E-state index in [1.807, 2.05) is 25.2 Å². The molecule has 0 saturated heterocycles. The lowest BCUT2D eigenvalue weighted by Gasteiger charge is -2.17. The number of methoxy groups -OCH3 is 2. The zero-order valence-electron chi connectivity index (χ0n) is 13.4. The number of hydrogen-bond donors (Lipinski definition) is 1. The number of ether oxygens (including phenoxy) is 2. The predicted octanol–water partition coefficient (Wildman–Crippen LogP) is 2.76. The molecule has 21 heavy (non-hydrogen) atoms. The molecule has 0 aliphatic heterocycles. The molecule has 0 spiro atoms. The molecular weight excluding hydrogens is 268 g/mol. The molecule has 0 atom stereocenters. The van der Waals surface area contributed by atoms with E-state index in [9.17, 15) is 4.79 Å². The van der Waals surface area contributed by atoms with Crippen molar-refractivity contribution in [1.82, 2.24) is 4.90 Å². The SMILES string of the molecule is CCCCN(C)C(=O)CCNc1cc(OC)ccc1OC. The summed E-state index contributed by atoms with van der Waals surface area (Å²) >= 11 is 0. The van der Waals surface area contributed by atoms with Gasteiger partial charge in [0.25, 0.3) is 0 Å². The fourth-order valence-corrected chi connectivity index (χ4v) is 1.97. The molecule has 1 rings (SSSR count). The number of benzene rings is 1. The standard InChI is InChI=1S/C16H26N2O3/c1-5-6-11-18(2)16(19)9-10-17-14-12-13(20-3)7-8-15(14)21-4/h7-8,12,17H,5-6,9-11H2,1-4H3. The molecule has 0 fully saturated rings. The van der Waals surface area contributed by atoms with Gasteiger partial charge in [-0.15, -0.1) is 0 Å². The maximum absolute atomic E-state index is 11.9. The van der Waals surface area contributed by atoms with Crippen LogP contribution in [-0.4, -0.2) is 45.2 Å². The monoisotopic (exact) mass is 294 g/mol. The highest BCUT2D eigenvalue weighted by molar-refractivity contribution is 5.76. The second kappa shape index (κ2) is 9.10. The van der Waals surface area contributed by atoms with Gasteiger partial charge < -0.3 is 19.7 Å². The Balaban J connectivity index is 2.49. The Labute approximate surface area is 127 Å². The molecule has 1 amide bonds. The number of carbonyl (C=O) groups is 1. The largest absolute Gasteiger partial charge is 0.497 e. The number of carbonyl (C=O) groups excluding carboxylic acids is 1. The lowest BCUT2D eigenvalue weighted by atomic mass is 10.2. The second-order valence-corrected chi connectivity index (χ2v) is 4.91. The van der Waals surface area contributed by atoms with Crippen molar-refractivity contribution in [2.24, 2.45) is 0 Å². The summed E-state index contributed by atoms with van der Waals surface area (Å²) in [5.41, 5.74) is 0.834. The molecule has 0 aliphatic carbocycles. The van der Waals surface area contributed by atoms with Crippen LogP contribution in [0.25, 0.3) is 0 Å². The Morgan fingerprint density at radius 1 is 1.29 bits per heavy atom. The third-order valence-electron chi connectivity index (χ3n) is 3.33. The van der Waals surface area contributed by atoms with E-state index in [1.165, 1.54) is 0 Å². The van der Waals surface area contributed by atoms with Crippen molar-refractivity contribution in [2.45, 2.75) is 26.2 Å². The topological polar surface area (TPSA) is 50.8 Å². The van der Waals surface area contributed by atoms with Gasteiger partial charge in [0.2, 0.25) is 5.91 Å². The normalized spacial score (nSPS) is 10.1. The van der Waals surface area contributed by atoms with E-state index in [0.29, 0.717) is 13.0 Å². The molecule has 0 saturated carbocycles. The molecule has 0 bridgehead atoms. The van der Waals surface area contributed by atoms with Gasteiger partial charge in [-0.2, -0.15) is 0 Å². The number of nitrogens with one attached hydrogen (secondary N) is 1. The van der Waals surface area contributed by atoms with Gasteiger partial charge in [0.15, 0.2) is 0 Å². The summed E-state index contributed by atoms with van der Waals surface area (Å²) in [6.07, 6.45) is 2.59. The van der Waals surface area contributed by atoms with Crippen LogP contribution in [0.1, 0.15) is 26.2 Å². The van der Waals surface area contributed by atoms with Crippen LogP contribution in [0.4, 0.5) is 5.69 Å². The van der Waals surface area contributed by atoms with Crippen LogP contribution < -0.4 is 14.8 Å². The van der Waals surface area contributed by atoms with Gasteiger partial charge in [-0.05, 0) is 18.6 Å². The Morgan fingerprint density at radius 2 is 2.05 bits per heavy atom. The average Bonchev–Trinajstić information content (AvgIpc) is 2.52. The van der Waals surface area contributed by atoms with Crippen LogP contribution in [0.3, 0.4) is 0 Å². The molecule has 0 radical (unpaired) electrons. The highest BCUT2D eigenvalue weighted by atomic mass is 16.5. The van der Waals surface area contributed by atoms with E-state index in [2.05, 4.69) is 12.2 Å². The second-order valence-electron chi connectivity index (χ2n) is 4.91. The first-order chi connectivity index (χ1) is 10.1. The maximum atomic E-state index is 11.9. The maximum Gasteiger partial charge on any atom is 0.224 e. The summed E-state index contributed by atoms with van der Waals surface area (Å²) in [6.45, 7) is 3.51. The van der Waals surface area contributed by atoms with Gasteiger partial charge in [-0.3, -0.25) is 4.79 Å². The van der Waals surface area contributed by atoms with E-state index < -0.39 is 0 Å². The van der Waals surface area contributed by atoms with Gasteiger partial charge in [-0.1, -0.05) is 13.3 Å². The molecule has 5 nitrogen and oxygen atoms in total. The first-order valence-electron chi connectivity index (χ1n) is 7.32. The van der Waals surface area contributed by atoms with Gasteiger partial charge in [-0.25, -0.2) is 0 Å². The fraction of sp³-hybridized carbons (Fsp3) is 0.562. The number of amides is 1. The minimum atomic E-state index is 0.151. The van der Waals surface area contributed by atoms with Crippen LogP contribution in [0.5, 0.6) is 11.5 Å². The van der Waals surface area contributed by atoms with Crippen molar-refractivity contribution < 1.29 is 14.3 Å². The van der Waals surface area contributed by atoms with E-state index in [0.717, 1.165) is 36.6 Å². The summed E-state index contributed by atoms with van der Waals surface area (Å²) in [5.74, 6) is 1.64. The van der Waals surface area contributed by atoms with Gasteiger partial charge in [0.1, 0.15) is 11.5 Å². The summed E-state index contributed by atoms with van der Waals surface area (Å²) in [4.78, 5) is 13.7. The summed E-state index contributed by atoms with van der Waals surface area (Å²) < 4.78 is 10.5. The molecule has 0 heterocycles. The Kier molecular flexibility index (Phi) is 7.43. The predicted molar refractivity (Wildman–Crippen MR) is 85.2 cm³/mol. The van der Waals surface area contributed by atoms with Crippen LogP contribution in [0.2, 0.25) is 0 Å². The average molecular weight is 294 g/mol. The zero-order chi connectivity index (χ0) is 15.7. The molecule has 118 valence electrons. The van der Waals surface area contributed by atoms with Gasteiger partial charge in [0.05, 0.1) is 19.9 Å². The fourth-order valence-electron chi connectivity index (χ4n) is 1.97. The molecular formula is C16H26N2O3. The lowest BCUT2D eigenvalue weighted by Crippen LogP contribution is -2.29. The molecule has 1 aromatic rings. The Bertz CT molecular complexity index is 449. The zero-order valence-corrected chi connectivity index (χ0v) is 13.4. The minimum Gasteiger partial charge on any atom is -0.497 e. The number of nitrogens with zero attached hydrogens (tertiary/aromatic N) is 1. The van der Waals surface area contributed by atoms with E-state index in [4.69, 9.17) is 9.47 Å². The van der Waals surface area contributed by atoms with E-state index in [-0.39, 0.29) is 5.91 Å². The summed E-state index contributed by atoms with van der Waals surface area (Å²) in [5, 5.41) is 3.23. The van der Waals surface area contributed by atoms with Crippen LogP contribution in [-0.2, 0) is 4.79 Å². The van der Waals surface area contributed by atoms with Gasteiger partial charge in [0, 0.05) is 32.6 Å². The molecule has 1 aromatic carbocycles. The van der Waals surface area contributed by atoms with Crippen molar-refractivity contribution in [3.05, 3.63) is 18.2 Å². The minimum absolute atomic E-state index is 0.151. The molecule has 0 unspecified atom stereocenters. The Morgan fingerprint density at radius 3 is 2.67 bits per heavy atom. The van der Waals surface area contributed by atoms with Crippen LogP contribution in [0, 0.1) is 0 Å². The van der Waals surface area contributed by atoms with Crippen molar-refractivity contribution >= 4 is 11.6 Å². The van der Waals surface area contributed by atoms with Gasteiger partial charge >= 0.3 is 0 Å². The third kappa shape index (κ3) is 5.53. The number of rotatable bonds is 9. The molecule has 0 aliphatic rings. The molecule has 5 heteroatoms. The number of hydrogen-bond acceptors (Lipinski definition) is 4. The summed E-state index contributed by atoms with van der Waals surface area (Å²) in [6, 6.07) is 5.55. The van der Waals surface area contributed by atoms with Crippen molar-refractivity contribution in [1.29, 1.82) is 0 Å². The molecule has 0 aromatic heterocycles. The molecule has 1 N–H and O–H groups in total. The summed E-state index contributed by atoms with van der Waals surface area (Å²) in [7, 11) is 5.10. The van der Waals surface area contributed by atoms with Crippen molar-refractivity contribution in [3.63, 3.8) is 0 Å². The van der Waals surface area contributed by atoms with Crippen LogP contribution in [0.15, 0.2) is 18.2 Å². The van der Waals surface area contributed by atoms with Crippen molar-refractivity contribution in [3.8, 4) is 11.5 Å². The smallest absolute Gasteiger partial charge is 0.224 e. The number of anilines is 1.